The maximum absolute atomic E-state index is 12.0. The Morgan fingerprint density at radius 3 is 2.70 bits per heavy atom. The molecular formula is C16H17N3O. The molecule has 2 aromatic rings. The number of carbonyl (C=O) groups is 1. The highest BCUT2D eigenvalue weighted by Gasteiger charge is 2.05. The molecule has 1 aromatic carbocycles. The predicted molar refractivity (Wildman–Crippen MR) is 80.4 cm³/mol. The van der Waals surface area contributed by atoms with E-state index in [1.54, 1.807) is 12.3 Å². The number of hydrogen-bond donors (Lipinski definition) is 1. The zero-order valence-electron chi connectivity index (χ0n) is 11.4. The molecular weight excluding hydrogens is 250 g/mol. The van der Waals surface area contributed by atoms with Gasteiger partial charge in [-0.3, -0.25) is 4.79 Å². The summed E-state index contributed by atoms with van der Waals surface area (Å²) in [5, 5.41) is 2.72. The van der Waals surface area contributed by atoms with Crippen LogP contribution in [0.25, 0.3) is 6.08 Å². The third-order valence-corrected chi connectivity index (χ3v) is 2.76. The molecule has 0 bridgehead atoms. The highest BCUT2D eigenvalue weighted by Crippen LogP contribution is 2.09. The van der Waals surface area contributed by atoms with E-state index in [9.17, 15) is 4.79 Å². The lowest BCUT2D eigenvalue weighted by Crippen LogP contribution is -2.12. The summed E-state index contributed by atoms with van der Waals surface area (Å²) in [6.45, 7) is 2.14. The minimum atomic E-state index is -0.173. The molecule has 0 aliphatic carbocycles. The molecule has 0 saturated carbocycles. The van der Waals surface area contributed by atoms with Crippen LogP contribution < -0.4 is 5.32 Å². The quantitative estimate of drug-likeness (QED) is 0.901. The molecule has 2 rings (SSSR count). The summed E-state index contributed by atoms with van der Waals surface area (Å²) in [6, 6.07) is 9.13. The van der Waals surface area contributed by atoms with Crippen molar-refractivity contribution in [1.82, 2.24) is 9.97 Å². The predicted octanol–water partition coefficient (Wildman–Crippen LogP) is 3.54. The Bertz CT molecular complexity index is 576. The van der Waals surface area contributed by atoms with E-state index in [1.165, 1.54) is 6.33 Å². The van der Waals surface area contributed by atoms with Crippen LogP contribution in [0.5, 0.6) is 0 Å². The Morgan fingerprint density at radius 1 is 1.25 bits per heavy atom. The lowest BCUT2D eigenvalue weighted by molar-refractivity contribution is 0.102. The Labute approximate surface area is 118 Å². The van der Waals surface area contributed by atoms with Gasteiger partial charge in [0.2, 0.25) is 0 Å². The van der Waals surface area contributed by atoms with Gasteiger partial charge >= 0.3 is 0 Å². The van der Waals surface area contributed by atoms with E-state index in [0.717, 1.165) is 18.4 Å². The van der Waals surface area contributed by atoms with Crippen molar-refractivity contribution in [2.24, 2.45) is 0 Å². The first-order valence-electron chi connectivity index (χ1n) is 6.63. The average molecular weight is 267 g/mol. The van der Waals surface area contributed by atoms with Crippen molar-refractivity contribution in [2.45, 2.75) is 19.8 Å². The summed E-state index contributed by atoms with van der Waals surface area (Å²) in [5.74, 6) is 0.324. The molecule has 0 unspecified atom stereocenters. The molecule has 0 saturated heterocycles. The van der Waals surface area contributed by atoms with Crippen molar-refractivity contribution in [2.75, 3.05) is 5.32 Å². The maximum Gasteiger partial charge on any atom is 0.256 e. The minimum Gasteiger partial charge on any atom is -0.306 e. The number of unbranched alkanes of at least 4 members (excludes halogenated alkanes) is 1. The van der Waals surface area contributed by atoms with Crippen molar-refractivity contribution < 1.29 is 4.79 Å². The second-order valence-electron chi connectivity index (χ2n) is 4.36. The summed E-state index contributed by atoms with van der Waals surface area (Å²) in [7, 11) is 0. The number of nitrogens with zero attached hydrogens (tertiary/aromatic N) is 2. The van der Waals surface area contributed by atoms with Crippen LogP contribution in [0.4, 0.5) is 5.82 Å². The van der Waals surface area contributed by atoms with Gasteiger partial charge in [0.25, 0.3) is 5.91 Å². The minimum absolute atomic E-state index is 0.173. The number of hydrogen-bond acceptors (Lipinski definition) is 3. The van der Waals surface area contributed by atoms with Crippen LogP contribution in [0.1, 0.15) is 35.7 Å². The zero-order chi connectivity index (χ0) is 14.2. The van der Waals surface area contributed by atoms with Gasteiger partial charge in [0, 0.05) is 11.8 Å². The molecule has 1 N–H and O–H groups in total. The maximum atomic E-state index is 12.0. The number of nitrogens with one attached hydrogen (secondary N) is 1. The normalized spacial score (nSPS) is 10.7. The van der Waals surface area contributed by atoms with E-state index >= 15 is 0 Å². The van der Waals surface area contributed by atoms with E-state index in [1.807, 2.05) is 24.3 Å². The fourth-order valence-corrected chi connectivity index (χ4v) is 1.68. The summed E-state index contributed by atoms with van der Waals surface area (Å²) in [6.07, 6.45) is 9.39. The number of amides is 1. The van der Waals surface area contributed by atoms with Gasteiger partial charge in [-0.1, -0.05) is 37.6 Å². The molecule has 1 aromatic heterocycles. The molecule has 0 spiro atoms. The SMILES string of the molecule is CCCC=Cc1ccc(C(=O)Nc2ccncn2)cc1. The van der Waals surface area contributed by atoms with Crippen molar-refractivity contribution in [3.05, 3.63) is 60.1 Å². The fourth-order valence-electron chi connectivity index (χ4n) is 1.68. The topological polar surface area (TPSA) is 54.9 Å². The lowest BCUT2D eigenvalue weighted by Gasteiger charge is -2.04. The molecule has 0 fully saturated rings. The van der Waals surface area contributed by atoms with Crippen LogP contribution in [0.2, 0.25) is 0 Å². The second kappa shape index (κ2) is 7.19. The van der Waals surface area contributed by atoms with Crippen LogP contribution in [0, 0.1) is 0 Å². The van der Waals surface area contributed by atoms with Gasteiger partial charge in [-0.05, 0) is 30.2 Å². The summed E-state index contributed by atoms with van der Waals surface area (Å²) in [5.41, 5.74) is 1.70. The van der Waals surface area contributed by atoms with Gasteiger partial charge in [-0.15, -0.1) is 0 Å². The lowest BCUT2D eigenvalue weighted by atomic mass is 10.1. The molecule has 102 valence electrons. The number of carbonyl (C=O) groups excluding carboxylic acids is 1. The first-order chi connectivity index (χ1) is 9.79. The summed E-state index contributed by atoms with van der Waals surface area (Å²) >= 11 is 0. The first kappa shape index (κ1) is 13.9. The first-order valence-corrected chi connectivity index (χ1v) is 6.63. The van der Waals surface area contributed by atoms with Gasteiger partial charge < -0.3 is 5.32 Å². The number of rotatable bonds is 5. The van der Waals surface area contributed by atoms with Gasteiger partial charge in [-0.25, -0.2) is 9.97 Å². The van der Waals surface area contributed by atoms with E-state index in [2.05, 4.69) is 34.4 Å². The molecule has 0 radical (unpaired) electrons. The van der Waals surface area contributed by atoms with Crippen LogP contribution in [-0.4, -0.2) is 15.9 Å². The Morgan fingerprint density at radius 2 is 2.05 bits per heavy atom. The van der Waals surface area contributed by atoms with E-state index in [-0.39, 0.29) is 5.91 Å². The Kier molecular flexibility index (Phi) is 5.00. The Balaban J connectivity index is 2.00. The van der Waals surface area contributed by atoms with Gasteiger partial charge in [0.15, 0.2) is 0 Å². The van der Waals surface area contributed by atoms with Crippen LogP contribution >= 0.6 is 0 Å². The highest BCUT2D eigenvalue weighted by molar-refractivity contribution is 6.03. The third kappa shape index (κ3) is 4.02. The average Bonchev–Trinajstić information content (AvgIpc) is 2.49. The van der Waals surface area contributed by atoms with Crippen molar-refractivity contribution >= 4 is 17.8 Å². The van der Waals surface area contributed by atoms with Crippen molar-refractivity contribution in [3.8, 4) is 0 Å². The molecule has 0 atom stereocenters. The second-order valence-corrected chi connectivity index (χ2v) is 4.36. The molecule has 1 amide bonds. The monoisotopic (exact) mass is 267 g/mol. The molecule has 20 heavy (non-hydrogen) atoms. The molecule has 1 heterocycles. The Hall–Kier alpha value is -2.49. The molecule has 0 aliphatic heterocycles. The van der Waals surface area contributed by atoms with Gasteiger partial charge in [-0.2, -0.15) is 0 Å². The van der Waals surface area contributed by atoms with Crippen molar-refractivity contribution in [3.63, 3.8) is 0 Å². The van der Waals surface area contributed by atoms with Gasteiger partial charge in [0.05, 0.1) is 0 Å². The van der Waals surface area contributed by atoms with Gasteiger partial charge in [0.1, 0.15) is 12.1 Å². The van der Waals surface area contributed by atoms with E-state index < -0.39 is 0 Å². The smallest absolute Gasteiger partial charge is 0.256 e. The van der Waals surface area contributed by atoms with E-state index in [0.29, 0.717) is 11.4 Å². The zero-order valence-corrected chi connectivity index (χ0v) is 11.4. The number of anilines is 1. The number of aromatic nitrogens is 2. The highest BCUT2D eigenvalue weighted by atomic mass is 16.1. The third-order valence-electron chi connectivity index (χ3n) is 2.76. The molecule has 4 nitrogen and oxygen atoms in total. The van der Waals surface area contributed by atoms with Crippen LogP contribution in [0.3, 0.4) is 0 Å². The van der Waals surface area contributed by atoms with Crippen LogP contribution in [0.15, 0.2) is 48.9 Å². The molecule has 4 heteroatoms. The number of benzene rings is 1. The largest absolute Gasteiger partial charge is 0.306 e. The summed E-state index contributed by atoms with van der Waals surface area (Å²) < 4.78 is 0. The van der Waals surface area contributed by atoms with Crippen molar-refractivity contribution in [1.29, 1.82) is 0 Å². The standard InChI is InChI=1S/C16H17N3O/c1-2-3-4-5-13-6-8-14(9-7-13)16(20)19-15-10-11-17-12-18-15/h4-12H,2-3H2,1H3,(H,17,18,19,20). The van der Waals surface area contributed by atoms with E-state index in [4.69, 9.17) is 0 Å². The fraction of sp³-hybridized carbons (Fsp3) is 0.188. The summed E-state index contributed by atoms with van der Waals surface area (Å²) in [4.78, 5) is 19.8. The number of allylic oxidation sites excluding steroid dienone is 1. The molecule has 0 aliphatic rings. The van der Waals surface area contributed by atoms with Crippen LogP contribution in [-0.2, 0) is 0 Å².